The summed E-state index contributed by atoms with van der Waals surface area (Å²) in [6, 6.07) is 19.2. The van der Waals surface area contributed by atoms with Crippen LogP contribution in [0.3, 0.4) is 0 Å². The van der Waals surface area contributed by atoms with Crippen LogP contribution in [0.1, 0.15) is 21.6 Å². The molecule has 3 aromatic carbocycles. The van der Waals surface area contributed by atoms with E-state index in [4.69, 9.17) is 15.2 Å². The Morgan fingerprint density at radius 2 is 1.57 bits per heavy atom. The van der Waals surface area contributed by atoms with Gasteiger partial charge in [0.05, 0.1) is 25.4 Å². The standard InChI is InChI=1S/C24H21N3O3/c1-29-22-10-8-18(13-23(22)30-2)17-7-9-20-19(12-17)21(27-14-26-20)11-15-3-5-16(6-4-15)24(25)28/h3-10,12-14H,11H2,1-2H3,(H2,25,28). The van der Waals surface area contributed by atoms with Crippen molar-refractivity contribution in [2.75, 3.05) is 14.2 Å². The van der Waals surface area contributed by atoms with Crippen molar-refractivity contribution < 1.29 is 14.3 Å². The van der Waals surface area contributed by atoms with E-state index in [2.05, 4.69) is 16.0 Å². The van der Waals surface area contributed by atoms with Gasteiger partial charge in [-0.1, -0.05) is 24.3 Å². The van der Waals surface area contributed by atoms with Crippen molar-refractivity contribution in [3.63, 3.8) is 0 Å². The smallest absolute Gasteiger partial charge is 0.248 e. The van der Waals surface area contributed by atoms with Crippen LogP contribution in [0.4, 0.5) is 0 Å². The molecule has 0 aliphatic heterocycles. The molecule has 1 heterocycles. The number of carbonyl (C=O) groups is 1. The first kappa shape index (κ1) is 19.4. The number of ether oxygens (including phenoxy) is 2. The number of fused-ring (bicyclic) bond motifs is 1. The summed E-state index contributed by atoms with van der Waals surface area (Å²) in [5.74, 6) is 0.924. The highest BCUT2D eigenvalue weighted by Crippen LogP contribution is 2.33. The molecular weight excluding hydrogens is 378 g/mol. The molecule has 1 amide bonds. The Labute approximate surface area is 174 Å². The van der Waals surface area contributed by atoms with Gasteiger partial charge in [-0.25, -0.2) is 9.97 Å². The van der Waals surface area contributed by atoms with E-state index in [0.717, 1.165) is 33.3 Å². The van der Waals surface area contributed by atoms with Crippen molar-refractivity contribution in [2.45, 2.75) is 6.42 Å². The van der Waals surface area contributed by atoms with Gasteiger partial charge in [0.2, 0.25) is 5.91 Å². The molecule has 0 unspecified atom stereocenters. The highest BCUT2D eigenvalue weighted by atomic mass is 16.5. The summed E-state index contributed by atoms with van der Waals surface area (Å²) in [6.45, 7) is 0. The Balaban J connectivity index is 1.73. The number of carbonyl (C=O) groups excluding carboxylic acids is 1. The quantitative estimate of drug-likeness (QED) is 0.529. The van der Waals surface area contributed by atoms with Gasteiger partial charge >= 0.3 is 0 Å². The molecule has 0 spiro atoms. The lowest BCUT2D eigenvalue weighted by molar-refractivity contribution is 0.100. The largest absolute Gasteiger partial charge is 0.493 e. The van der Waals surface area contributed by atoms with E-state index in [1.807, 2.05) is 42.5 Å². The minimum Gasteiger partial charge on any atom is -0.493 e. The van der Waals surface area contributed by atoms with Gasteiger partial charge in [-0.05, 0) is 53.1 Å². The minimum atomic E-state index is -0.436. The van der Waals surface area contributed by atoms with Crippen molar-refractivity contribution in [1.82, 2.24) is 9.97 Å². The lowest BCUT2D eigenvalue weighted by atomic mass is 9.99. The van der Waals surface area contributed by atoms with Crippen LogP contribution >= 0.6 is 0 Å². The normalized spacial score (nSPS) is 10.7. The van der Waals surface area contributed by atoms with Gasteiger partial charge in [-0.15, -0.1) is 0 Å². The first-order valence-corrected chi connectivity index (χ1v) is 9.44. The van der Waals surface area contributed by atoms with Crippen molar-refractivity contribution in [3.8, 4) is 22.6 Å². The van der Waals surface area contributed by atoms with Crippen LogP contribution in [0, 0.1) is 0 Å². The molecule has 6 nitrogen and oxygen atoms in total. The van der Waals surface area contributed by atoms with Crippen molar-refractivity contribution in [3.05, 3.63) is 83.8 Å². The second-order valence-corrected chi connectivity index (χ2v) is 6.86. The molecule has 0 bridgehead atoms. The van der Waals surface area contributed by atoms with Crippen LogP contribution in [0.25, 0.3) is 22.0 Å². The van der Waals surface area contributed by atoms with Crippen LogP contribution in [0.2, 0.25) is 0 Å². The Morgan fingerprint density at radius 1 is 0.867 bits per heavy atom. The van der Waals surface area contributed by atoms with Crippen molar-refractivity contribution >= 4 is 16.8 Å². The maximum Gasteiger partial charge on any atom is 0.248 e. The van der Waals surface area contributed by atoms with Crippen molar-refractivity contribution in [2.24, 2.45) is 5.73 Å². The topological polar surface area (TPSA) is 87.3 Å². The molecule has 30 heavy (non-hydrogen) atoms. The Kier molecular flexibility index (Phi) is 5.30. The molecule has 6 heteroatoms. The SMILES string of the molecule is COc1ccc(-c2ccc3ncnc(Cc4ccc(C(N)=O)cc4)c3c2)cc1OC. The molecule has 0 fully saturated rings. The fourth-order valence-electron chi connectivity index (χ4n) is 3.43. The minimum absolute atomic E-state index is 0.436. The van der Waals surface area contributed by atoms with Crippen LogP contribution < -0.4 is 15.2 Å². The highest BCUT2D eigenvalue weighted by Gasteiger charge is 2.10. The summed E-state index contributed by atoms with van der Waals surface area (Å²) < 4.78 is 10.8. The number of primary amides is 1. The maximum absolute atomic E-state index is 11.3. The maximum atomic E-state index is 11.3. The van der Waals surface area contributed by atoms with Gasteiger partial charge in [0, 0.05) is 17.4 Å². The average Bonchev–Trinajstić information content (AvgIpc) is 2.79. The summed E-state index contributed by atoms with van der Waals surface area (Å²) in [6.07, 6.45) is 2.19. The Morgan fingerprint density at radius 3 is 2.27 bits per heavy atom. The number of nitrogens with zero attached hydrogens (tertiary/aromatic N) is 2. The second kappa shape index (κ2) is 8.21. The second-order valence-electron chi connectivity index (χ2n) is 6.86. The summed E-state index contributed by atoms with van der Waals surface area (Å²) in [5, 5.41) is 0.976. The number of benzene rings is 3. The average molecular weight is 399 g/mol. The lowest BCUT2D eigenvalue weighted by Gasteiger charge is -2.11. The zero-order valence-corrected chi connectivity index (χ0v) is 16.8. The Bertz CT molecular complexity index is 1220. The molecule has 0 saturated heterocycles. The lowest BCUT2D eigenvalue weighted by Crippen LogP contribution is -2.10. The first-order valence-electron chi connectivity index (χ1n) is 9.44. The molecule has 2 N–H and O–H groups in total. The van der Waals surface area contributed by atoms with E-state index in [-0.39, 0.29) is 0 Å². The Hall–Kier alpha value is -3.93. The molecule has 150 valence electrons. The number of nitrogens with two attached hydrogens (primary N) is 1. The molecule has 0 saturated carbocycles. The third-order valence-electron chi connectivity index (χ3n) is 5.04. The number of aromatic nitrogens is 2. The first-order chi connectivity index (χ1) is 14.6. The number of amides is 1. The fraction of sp³-hybridized carbons (Fsp3) is 0.125. The third-order valence-corrected chi connectivity index (χ3v) is 5.04. The monoisotopic (exact) mass is 399 g/mol. The summed E-state index contributed by atoms with van der Waals surface area (Å²) in [4.78, 5) is 20.2. The van der Waals surface area contributed by atoms with Gasteiger partial charge in [0.1, 0.15) is 6.33 Å². The van der Waals surface area contributed by atoms with Crippen LogP contribution in [0.5, 0.6) is 11.5 Å². The van der Waals surface area contributed by atoms with Crippen LogP contribution in [-0.4, -0.2) is 30.1 Å². The van der Waals surface area contributed by atoms with E-state index in [1.165, 1.54) is 0 Å². The molecular formula is C24H21N3O3. The van der Waals surface area contributed by atoms with Gasteiger partial charge in [0.15, 0.2) is 11.5 Å². The predicted molar refractivity (Wildman–Crippen MR) is 116 cm³/mol. The number of hydrogen-bond acceptors (Lipinski definition) is 5. The van der Waals surface area contributed by atoms with E-state index in [0.29, 0.717) is 23.5 Å². The summed E-state index contributed by atoms with van der Waals surface area (Å²) in [5.41, 5.74) is 10.7. The van der Waals surface area contributed by atoms with Gasteiger partial charge in [-0.3, -0.25) is 4.79 Å². The number of methoxy groups -OCH3 is 2. The molecule has 0 aliphatic carbocycles. The molecule has 4 rings (SSSR count). The van der Waals surface area contributed by atoms with E-state index >= 15 is 0 Å². The molecule has 0 atom stereocenters. The van der Waals surface area contributed by atoms with E-state index in [1.54, 1.807) is 32.7 Å². The zero-order chi connectivity index (χ0) is 21.1. The molecule has 4 aromatic rings. The predicted octanol–water partition coefficient (Wildman–Crippen LogP) is 4.00. The van der Waals surface area contributed by atoms with Gasteiger partial charge in [0.25, 0.3) is 0 Å². The number of hydrogen-bond donors (Lipinski definition) is 1. The van der Waals surface area contributed by atoms with E-state index < -0.39 is 5.91 Å². The van der Waals surface area contributed by atoms with Gasteiger partial charge < -0.3 is 15.2 Å². The van der Waals surface area contributed by atoms with Gasteiger partial charge in [-0.2, -0.15) is 0 Å². The van der Waals surface area contributed by atoms with Crippen LogP contribution in [-0.2, 0) is 6.42 Å². The summed E-state index contributed by atoms with van der Waals surface area (Å²) in [7, 11) is 3.24. The van der Waals surface area contributed by atoms with Crippen molar-refractivity contribution in [1.29, 1.82) is 0 Å². The van der Waals surface area contributed by atoms with Crippen LogP contribution in [0.15, 0.2) is 67.0 Å². The molecule has 1 aromatic heterocycles. The number of rotatable bonds is 6. The third kappa shape index (κ3) is 3.80. The molecule has 0 radical (unpaired) electrons. The summed E-state index contributed by atoms with van der Waals surface area (Å²) >= 11 is 0. The fourth-order valence-corrected chi connectivity index (χ4v) is 3.43. The van der Waals surface area contributed by atoms with E-state index in [9.17, 15) is 4.79 Å². The highest BCUT2D eigenvalue weighted by molar-refractivity contribution is 5.92. The molecule has 0 aliphatic rings. The zero-order valence-electron chi connectivity index (χ0n) is 16.8.